The average Bonchev–Trinajstić information content (AvgIpc) is 3.46. The second kappa shape index (κ2) is 7.61. The fraction of sp³-hybridized carbons (Fsp3) is 0.333. The molecule has 2 aromatic rings. The Labute approximate surface area is 184 Å². The van der Waals surface area contributed by atoms with Gasteiger partial charge in [-0.3, -0.25) is 19.3 Å². The summed E-state index contributed by atoms with van der Waals surface area (Å²) < 4.78 is 5.11. The second-order valence-corrected chi connectivity index (χ2v) is 8.89. The van der Waals surface area contributed by atoms with Gasteiger partial charge in [0.15, 0.2) is 12.4 Å². The van der Waals surface area contributed by atoms with Crippen molar-refractivity contribution in [1.29, 1.82) is 0 Å². The molecule has 158 valence electrons. The highest BCUT2D eigenvalue weighted by Gasteiger charge is 2.61. The Hall–Kier alpha value is -2.99. The van der Waals surface area contributed by atoms with E-state index >= 15 is 0 Å². The first kappa shape index (κ1) is 19.9. The Bertz CT molecular complexity index is 1050. The standard InChI is InChI=1S/C24H20ClNO5/c25-17-7-3-13(4-8-17)19(27)12-31-24(30)14-5-9-18(10-6-14)26-22(28)20-15-1-2-16(11-15)21(20)23(26)29/h3-10,15-16,20-21H,1-2,11-12H2/t15-,16+,20-,21+. The highest BCUT2D eigenvalue weighted by atomic mass is 35.5. The van der Waals surface area contributed by atoms with Crippen molar-refractivity contribution in [2.75, 3.05) is 11.5 Å². The molecule has 2 aromatic carbocycles. The van der Waals surface area contributed by atoms with Crippen LogP contribution in [0.15, 0.2) is 48.5 Å². The molecule has 3 fully saturated rings. The summed E-state index contributed by atoms with van der Waals surface area (Å²) in [5.41, 5.74) is 1.11. The van der Waals surface area contributed by atoms with E-state index in [0.29, 0.717) is 28.1 Å². The van der Waals surface area contributed by atoms with E-state index in [9.17, 15) is 19.2 Å². The van der Waals surface area contributed by atoms with Gasteiger partial charge in [0.2, 0.25) is 11.8 Å². The summed E-state index contributed by atoms with van der Waals surface area (Å²) in [6.45, 7) is -0.391. The third-order valence-electron chi connectivity index (χ3n) is 6.79. The molecule has 0 spiro atoms. The molecule has 5 rings (SSSR count). The Morgan fingerprint density at radius 2 is 1.42 bits per heavy atom. The molecule has 31 heavy (non-hydrogen) atoms. The molecule has 0 aromatic heterocycles. The van der Waals surface area contributed by atoms with Gasteiger partial charge in [0, 0.05) is 10.6 Å². The molecule has 2 bridgehead atoms. The van der Waals surface area contributed by atoms with Crippen LogP contribution in [0, 0.1) is 23.7 Å². The van der Waals surface area contributed by atoms with Gasteiger partial charge in [-0.1, -0.05) is 11.6 Å². The van der Waals surface area contributed by atoms with Crippen LogP contribution in [-0.2, 0) is 14.3 Å². The maximum Gasteiger partial charge on any atom is 0.338 e. The number of fused-ring (bicyclic) bond motifs is 5. The normalized spacial score (nSPS) is 26.3. The van der Waals surface area contributed by atoms with Crippen molar-refractivity contribution in [3.63, 3.8) is 0 Å². The van der Waals surface area contributed by atoms with Crippen molar-refractivity contribution in [3.05, 3.63) is 64.7 Å². The molecular formula is C24H20ClNO5. The van der Waals surface area contributed by atoms with Crippen molar-refractivity contribution in [2.24, 2.45) is 23.7 Å². The number of nitrogens with zero attached hydrogens (tertiary/aromatic N) is 1. The fourth-order valence-corrected chi connectivity index (χ4v) is 5.47. The Kier molecular flexibility index (Phi) is 4.89. The lowest BCUT2D eigenvalue weighted by Crippen LogP contribution is -2.32. The van der Waals surface area contributed by atoms with E-state index in [1.54, 1.807) is 36.4 Å². The van der Waals surface area contributed by atoms with E-state index < -0.39 is 12.6 Å². The lowest BCUT2D eigenvalue weighted by molar-refractivity contribution is -0.123. The number of rotatable bonds is 5. The highest BCUT2D eigenvalue weighted by Crippen LogP contribution is 2.56. The van der Waals surface area contributed by atoms with Gasteiger partial charge in [0.1, 0.15) is 0 Å². The molecule has 2 aliphatic carbocycles. The van der Waals surface area contributed by atoms with Crippen LogP contribution in [0.1, 0.15) is 40.0 Å². The smallest absolute Gasteiger partial charge is 0.338 e. The summed E-state index contributed by atoms with van der Waals surface area (Å²) in [7, 11) is 0. The van der Waals surface area contributed by atoms with Gasteiger partial charge in [-0.15, -0.1) is 0 Å². The van der Waals surface area contributed by atoms with Gasteiger partial charge >= 0.3 is 5.97 Å². The molecule has 4 atom stereocenters. The van der Waals surface area contributed by atoms with Crippen molar-refractivity contribution in [3.8, 4) is 0 Å². The van der Waals surface area contributed by atoms with Crippen LogP contribution >= 0.6 is 11.6 Å². The summed E-state index contributed by atoms with van der Waals surface area (Å²) in [5, 5.41) is 0.514. The number of Topliss-reactive ketones (excluding diaryl/α,β-unsaturated/α-hetero) is 1. The zero-order valence-corrected chi connectivity index (χ0v) is 17.4. The maximum atomic E-state index is 12.9. The van der Waals surface area contributed by atoms with Gasteiger partial charge in [-0.25, -0.2) is 4.79 Å². The first-order chi connectivity index (χ1) is 14.9. The molecule has 7 heteroatoms. The number of carbonyl (C=O) groups is 4. The van der Waals surface area contributed by atoms with Gasteiger partial charge in [-0.05, 0) is 79.6 Å². The van der Waals surface area contributed by atoms with E-state index in [4.69, 9.17) is 16.3 Å². The molecule has 0 unspecified atom stereocenters. The number of benzene rings is 2. The van der Waals surface area contributed by atoms with E-state index in [0.717, 1.165) is 19.3 Å². The quantitative estimate of drug-likeness (QED) is 0.402. The van der Waals surface area contributed by atoms with Crippen LogP contribution < -0.4 is 4.90 Å². The number of imide groups is 1. The summed E-state index contributed by atoms with van der Waals surface area (Å²) in [6, 6.07) is 12.5. The number of esters is 1. The largest absolute Gasteiger partial charge is 0.454 e. The zero-order valence-electron chi connectivity index (χ0n) is 16.6. The van der Waals surface area contributed by atoms with Crippen LogP contribution in [0.25, 0.3) is 0 Å². The molecule has 6 nitrogen and oxygen atoms in total. The molecule has 0 radical (unpaired) electrons. The second-order valence-electron chi connectivity index (χ2n) is 8.45. The number of hydrogen-bond acceptors (Lipinski definition) is 5. The molecular weight excluding hydrogens is 418 g/mol. The number of halogens is 1. The molecule has 1 heterocycles. The Morgan fingerprint density at radius 1 is 0.871 bits per heavy atom. The predicted molar refractivity (Wildman–Crippen MR) is 113 cm³/mol. The summed E-state index contributed by atoms with van der Waals surface area (Å²) in [5.74, 6) is -0.951. The third-order valence-corrected chi connectivity index (χ3v) is 7.04. The van der Waals surface area contributed by atoms with Crippen LogP contribution in [0.4, 0.5) is 5.69 Å². The minimum atomic E-state index is -0.650. The fourth-order valence-electron chi connectivity index (χ4n) is 5.34. The van der Waals surface area contributed by atoms with Crippen molar-refractivity contribution in [1.82, 2.24) is 0 Å². The minimum absolute atomic E-state index is 0.119. The zero-order chi connectivity index (χ0) is 21.7. The Balaban J connectivity index is 1.24. The maximum absolute atomic E-state index is 12.9. The average molecular weight is 438 g/mol. The van der Waals surface area contributed by atoms with Crippen LogP contribution in [-0.4, -0.2) is 30.2 Å². The van der Waals surface area contributed by atoms with E-state index in [1.807, 2.05) is 0 Å². The molecule has 2 amide bonds. The van der Waals surface area contributed by atoms with E-state index in [2.05, 4.69) is 0 Å². The van der Waals surface area contributed by atoms with Crippen LogP contribution in [0.3, 0.4) is 0 Å². The minimum Gasteiger partial charge on any atom is -0.454 e. The number of ether oxygens (including phenoxy) is 1. The predicted octanol–water partition coefficient (Wildman–Crippen LogP) is 3.92. The number of anilines is 1. The first-order valence-electron chi connectivity index (χ1n) is 10.4. The molecule has 0 N–H and O–H groups in total. The van der Waals surface area contributed by atoms with Crippen molar-refractivity contribution < 1.29 is 23.9 Å². The van der Waals surface area contributed by atoms with Crippen molar-refractivity contribution in [2.45, 2.75) is 19.3 Å². The SMILES string of the molecule is O=C(COC(=O)c1ccc(N2C(=O)[C@@H]3[C@@H]4CC[C@@H](C4)[C@@H]3C2=O)cc1)c1ccc(Cl)cc1. The van der Waals surface area contributed by atoms with Gasteiger partial charge in [0.25, 0.3) is 0 Å². The molecule has 1 saturated heterocycles. The molecule has 3 aliphatic rings. The van der Waals surface area contributed by atoms with Gasteiger partial charge in [0.05, 0.1) is 23.1 Å². The topological polar surface area (TPSA) is 80.8 Å². The monoisotopic (exact) mass is 437 g/mol. The lowest BCUT2D eigenvalue weighted by Gasteiger charge is -2.19. The van der Waals surface area contributed by atoms with Crippen LogP contribution in [0.2, 0.25) is 5.02 Å². The van der Waals surface area contributed by atoms with Gasteiger partial charge < -0.3 is 4.74 Å². The van der Waals surface area contributed by atoms with Crippen LogP contribution in [0.5, 0.6) is 0 Å². The highest BCUT2D eigenvalue weighted by molar-refractivity contribution is 6.30. The number of ketones is 1. The summed E-state index contributed by atoms with van der Waals surface area (Å²) in [4.78, 5) is 51.5. The lowest BCUT2D eigenvalue weighted by atomic mass is 9.81. The number of carbonyl (C=O) groups excluding carboxylic acids is 4. The van der Waals surface area contributed by atoms with Crippen molar-refractivity contribution >= 4 is 40.9 Å². The third kappa shape index (κ3) is 3.35. The van der Waals surface area contributed by atoms with E-state index in [-0.39, 0.29) is 35.0 Å². The van der Waals surface area contributed by atoms with Gasteiger partial charge in [-0.2, -0.15) is 0 Å². The summed E-state index contributed by atoms with van der Waals surface area (Å²) in [6.07, 6.45) is 3.04. The Morgan fingerprint density at radius 3 is 2.00 bits per heavy atom. The molecule has 2 saturated carbocycles. The number of amides is 2. The number of hydrogen-bond donors (Lipinski definition) is 0. The summed E-state index contributed by atoms with van der Waals surface area (Å²) >= 11 is 5.80. The first-order valence-corrected chi connectivity index (χ1v) is 10.8. The molecule has 1 aliphatic heterocycles. The van der Waals surface area contributed by atoms with E-state index in [1.165, 1.54) is 17.0 Å².